The molecule has 0 saturated heterocycles. The highest BCUT2D eigenvalue weighted by atomic mass is 35.5. The van der Waals surface area contributed by atoms with Crippen molar-refractivity contribution >= 4 is 23.0 Å². The lowest BCUT2D eigenvalue weighted by Gasteiger charge is -2.03. The van der Waals surface area contributed by atoms with Crippen LogP contribution < -0.4 is 5.43 Å². The fraction of sp³-hybridized carbons (Fsp3) is 0.133. The van der Waals surface area contributed by atoms with Crippen molar-refractivity contribution in [1.29, 1.82) is 0 Å². The monoisotopic (exact) mass is 256 g/mol. The normalized spacial score (nSPS) is 15.7. The number of rotatable bonds is 2. The van der Waals surface area contributed by atoms with Gasteiger partial charge in [-0.1, -0.05) is 35.9 Å². The van der Waals surface area contributed by atoms with Gasteiger partial charge in [-0.2, -0.15) is 5.10 Å². The Hall–Kier alpha value is -1.80. The lowest BCUT2D eigenvalue weighted by molar-refractivity contribution is 1.09. The summed E-state index contributed by atoms with van der Waals surface area (Å²) in [6, 6.07) is 16.0. The van der Waals surface area contributed by atoms with Gasteiger partial charge in [0.25, 0.3) is 0 Å². The molecule has 90 valence electrons. The van der Waals surface area contributed by atoms with Gasteiger partial charge in [0, 0.05) is 10.6 Å². The van der Waals surface area contributed by atoms with Gasteiger partial charge in [0.05, 0.1) is 11.4 Å². The zero-order valence-electron chi connectivity index (χ0n) is 9.86. The van der Waals surface area contributed by atoms with E-state index in [9.17, 15) is 0 Å². The van der Waals surface area contributed by atoms with Crippen LogP contribution in [0.5, 0.6) is 0 Å². The molecule has 0 amide bonds. The minimum absolute atomic E-state index is 0.736. The number of hydrogen-bond donors (Lipinski definition) is 1. The molecule has 0 spiro atoms. The summed E-state index contributed by atoms with van der Waals surface area (Å²) in [4.78, 5) is 0. The Balaban J connectivity index is 1.80. The number of benzene rings is 2. The molecule has 0 atom stereocenters. The van der Waals surface area contributed by atoms with Crippen molar-refractivity contribution in [2.45, 2.75) is 12.8 Å². The molecule has 0 bridgehead atoms. The third-order valence-corrected chi connectivity index (χ3v) is 3.38. The van der Waals surface area contributed by atoms with Crippen LogP contribution in [-0.4, -0.2) is 5.71 Å². The molecule has 0 radical (unpaired) electrons. The van der Waals surface area contributed by atoms with Crippen LogP contribution in [0.15, 0.2) is 53.6 Å². The van der Waals surface area contributed by atoms with Gasteiger partial charge in [-0.05, 0) is 42.7 Å². The Morgan fingerprint density at radius 2 is 1.72 bits per heavy atom. The van der Waals surface area contributed by atoms with Gasteiger partial charge in [0.2, 0.25) is 0 Å². The van der Waals surface area contributed by atoms with Crippen molar-refractivity contribution in [2.24, 2.45) is 5.10 Å². The molecule has 1 aliphatic rings. The highest BCUT2D eigenvalue weighted by Gasteiger charge is 2.16. The minimum atomic E-state index is 0.736. The first-order valence-electron chi connectivity index (χ1n) is 5.99. The number of nitrogens with one attached hydrogen (secondary N) is 1. The van der Waals surface area contributed by atoms with Crippen molar-refractivity contribution in [3.63, 3.8) is 0 Å². The molecule has 2 nitrogen and oxygen atoms in total. The van der Waals surface area contributed by atoms with Gasteiger partial charge < -0.3 is 0 Å². The Bertz CT molecular complexity index is 588. The maximum absolute atomic E-state index is 5.84. The second-order valence-electron chi connectivity index (χ2n) is 4.33. The maximum Gasteiger partial charge on any atom is 0.0685 e. The predicted molar refractivity (Wildman–Crippen MR) is 76.4 cm³/mol. The van der Waals surface area contributed by atoms with Crippen LogP contribution in [-0.2, 0) is 6.42 Å². The van der Waals surface area contributed by atoms with Gasteiger partial charge in [-0.3, -0.25) is 5.43 Å². The highest BCUT2D eigenvalue weighted by molar-refractivity contribution is 6.30. The summed E-state index contributed by atoms with van der Waals surface area (Å²) in [5.74, 6) is 0. The molecule has 1 aliphatic carbocycles. The quantitative estimate of drug-likeness (QED) is 0.804. The average Bonchev–Trinajstić information content (AvgIpc) is 2.82. The summed E-state index contributed by atoms with van der Waals surface area (Å²) >= 11 is 5.84. The summed E-state index contributed by atoms with van der Waals surface area (Å²) in [5, 5.41) is 5.22. The molecular formula is C15H13ClN2. The Morgan fingerprint density at radius 1 is 0.944 bits per heavy atom. The molecule has 3 rings (SSSR count). The smallest absolute Gasteiger partial charge is 0.0685 e. The number of anilines is 1. The Labute approximate surface area is 111 Å². The van der Waals surface area contributed by atoms with Gasteiger partial charge in [-0.15, -0.1) is 0 Å². The molecule has 18 heavy (non-hydrogen) atoms. The van der Waals surface area contributed by atoms with Crippen LogP contribution in [0.2, 0.25) is 5.02 Å². The maximum atomic E-state index is 5.84. The predicted octanol–water partition coefficient (Wildman–Crippen LogP) is 4.10. The molecule has 2 aromatic carbocycles. The van der Waals surface area contributed by atoms with Crippen LogP contribution in [0.25, 0.3) is 0 Å². The number of hydrazone groups is 1. The topological polar surface area (TPSA) is 24.4 Å². The largest absolute Gasteiger partial charge is 0.278 e. The fourth-order valence-electron chi connectivity index (χ4n) is 2.18. The molecular weight excluding hydrogens is 244 g/mol. The van der Waals surface area contributed by atoms with E-state index < -0.39 is 0 Å². The number of hydrogen-bond acceptors (Lipinski definition) is 2. The standard InChI is InChI=1S/C15H13ClN2/c16-12-6-8-13(9-7-12)17-18-15-10-5-11-3-1-2-4-14(11)15/h1-4,6-9,17H,5,10H2/b18-15+. The molecule has 1 N–H and O–H groups in total. The summed E-state index contributed by atoms with van der Waals surface area (Å²) in [6.45, 7) is 0. The number of aryl methyl sites for hydroxylation is 1. The van der Waals surface area contributed by atoms with Crippen LogP contribution in [0.3, 0.4) is 0 Å². The second kappa shape index (κ2) is 4.83. The first-order valence-corrected chi connectivity index (χ1v) is 6.37. The second-order valence-corrected chi connectivity index (χ2v) is 4.77. The molecule has 3 heteroatoms. The molecule has 0 aliphatic heterocycles. The average molecular weight is 257 g/mol. The molecule has 0 fully saturated rings. The summed E-state index contributed by atoms with van der Waals surface area (Å²) in [5.41, 5.74) is 7.81. The first-order chi connectivity index (χ1) is 8.83. The first kappa shape index (κ1) is 11.3. The molecule has 2 aromatic rings. The van der Waals surface area contributed by atoms with Gasteiger partial charge in [-0.25, -0.2) is 0 Å². The lowest BCUT2D eigenvalue weighted by atomic mass is 10.1. The van der Waals surface area contributed by atoms with E-state index in [2.05, 4.69) is 34.8 Å². The molecule has 0 heterocycles. The van der Waals surface area contributed by atoms with Crippen molar-refractivity contribution in [3.8, 4) is 0 Å². The van der Waals surface area contributed by atoms with E-state index in [0.29, 0.717) is 0 Å². The zero-order valence-corrected chi connectivity index (χ0v) is 10.6. The van der Waals surface area contributed by atoms with E-state index in [4.69, 9.17) is 11.6 Å². The summed E-state index contributed by atoms with van der Waals surface area (Å²) in [7, 11) is 0. The highest BCUT2D eigenvalue weighted by Crippen LogP contribution is 2.22. The molecule has 0 saturated carbocycles. The third kappa shape index (κ3) is 2.24. The van der Waals surface area contributed by atoms with E-state index in [1.165, 1.54) is 11.1 Å². The van der Waals surface area contributed by atoms with Crippen LogP contribution >= 0.6 is 11.6 Å². The summed E-state index contributed by atoms with van der Waals surface area (Å²) in [6.07, 6.45) is 2.08. The minimum Gasteiger partial charge on any atom is -0.278 e. The van der Waals surface area contributed by atoms with Gasteiger partial charge in [0.1, 0.15) is 0 Å². The van der Waals surface area contributed by atoms with Crippen molar-refractivity contribution in [2.75, 3.05) is 5.43 Å². The van der Waals surface area contributed by atoms with Crippen molar-refractivity contribution < 1.29 is 0 Å². The zero-order chi connectivity index (χ0) is 12.4. The van der Waals surface area contributed by atoms with Crippen LogP contribution in [0, 0.1) is 0 Å². The third-order valence-electron chi connectivity index (χ3n) is 3.12. The lowest BCUT2D eigenvalue weighted by Crippen LogP contribution is -1.99. The van der Waals surface area contributed by atoms with E-state index in [0.717, 1.165) is 29.3 Å². The number of nitrogens with zero attached hydrogens (tertiary/aromatic N) is 1. The van der Waals surface area contributed by atoms with Crippen molar-refractivity contribution in [3.05, 3.63) is 64.7 Å². The van der Waals surface area contributed by atoms with E-state index >= 15 is 0 Å². The SMILES string of the molecule is Clc1ccc(N/N=C2\CCc3ccccc32)cc1. The Kier molecular flexibility index (Phi) is 3.03. The van der Waals surface area contributed by atoms with E-state index in [1.54, 1.807) is 0 Å². The van der Waals surface area contributed by atoms with Gasteiger partial charge >= 0.3 is 0 Å². The molecule has 0 aromatic heterocycles. The van der Waals surface area contributed by atoms with E-state index in [1.807, 2.05) is 24.3 Å². The van der Waals surface area contributed by atoms with Gasteiger partial charge in [0.15, 0.2) is 0 Å². The number of halogens is 1. The van der Waals surface area contributed by atoms with E-state index in [-0.39, 0.29) is 0 Å². The Morgan fingerprint density at radius 3 is 2.56 bits per heavy atom. The summed E-state index contributed by atoms with van der Waals surface area (Å²) < 4.78 is 0. The van der Waals surface area contributed by atoms with Crippen LogP contribution in [0.1, 0.15) is 17.5 Å². The number of fused-ring (bicyclic) bond motifs is 1. The molecule has 0 unspecified atom stereocenters. The fourth-order valence-corrected chi connectivity index (χ4v) is 2.31. The van der Waals surface area contributed by atoms with Crippen molar-refractivity contribution in [1.82, 2.24) is 0 Å². The van der Waals surface area contributed by atoms with Crippen LogP contribution in [0.4, 0.5) is 5.69 Å².